The Balaban J connectivity index is 1.22. The van der Waals surface area contributed by atoms with Crippen molar-refractivity contribution in [3.63, 3.8) is 0 Å². The zero-order valence-corrected chi connectivity index (χ0v) is 19.1. The number of likely N-dealkylation sites (tertiary alicyclic amines) is 1. The Bertz CT molecular complexity index is 892. The number of aromatic nitrogens is 1. The fourth-order valence-corrected chi connectivity index (χ4v) is 6.10. The average Bonchev–Trinajstić information content (AvgIpc) is 3.49. The van der Waals surface area contributed by atoms with Crippen molar-refractivity contribution in [1.82, 2.24) is 19.3 Å². The van der Waals surface area contributed by atoms with E-state index in [2.05, 4.69) is 50.6 Å². The van der Waals surface area contributed by atoms with Crippen molar-refractivity contribution >= 4 is 16.8 Å². The molecule has 0 spiro atoms. The highest BCUT2D eigenvalue weighted by Gasteiger charge is 2.28. The first-order valence-electron chi connectivity index (χ1n) is 12.6. The van der Waals surface area contributed by atoms with Gasteiger partial charge in [0.25, 0.3) is 5.91 Å². The largest absolute Gasteiger partial charge is 0.347 e. The molecule has 1 saturated carbocycles. The van der Waals surface area contributed by atoms with Gasteiger partial charge in [0, 0.05) is 68.0 Å². The minimum absolute atomic E-state index is 0.201. The third-order valence-electron chi connectivity index (χ3n) is 7.97. The van der Waals surface area contributed by atoms with Crippen molar-refractivity contribution in [1.29, 1.82) is 0 Å². The fraction of sp³-hybridized carbons (Fsp3) is 0.654. The number of piperidine rings is 1. The Kier molecular flexibility index (Phi) is 6.33. The van der Waals surface area contributed by atoms with Gasteiger partial charge in [-0.05, 0) is 69.0 Å². The van der Waals surface area contributed by atoms with Crippen molar-refractivity contribution in [3.8, 4) is 0 Å². The summed E-state index contributed by atoms with van der Waals surface area (Å²) in [5.41, 5.74) is 2.10. The molecule has 168 valence electrons. The maximum absolute atomic E-state index is 13.2. The monoisotopic (exact) mass is 422 g/mol. The van der Waals surface area contributed by atoms with Gasteiger partial charge in [0.2, 0.25) is 0 Å². The Morgan fingerprint density at radius 1 is 0.968 bits per heavy atom. The van der Waals surface area contributed by atoms with Crippen LogP contribution < -0.4 is 0 Å². The Hall–Kier alpha value is -1.85. The first-order valence-corrected chi connectivity index (χ1v) is 12.6. The SMILES string of the molecule is CCN1CCCC(Cn2ccc3cc(C(=O)N4CCN(C5CCCC5)CC4)ccc32)C1. The predicted octanol–water partition coefficient (Wildman–Crippen LogP) is 4.07. The number of hydrogen-bond donors (Lipinski definition) is 0. The molecule has 31 heavy (non-hydrogen) atoms. The molecular weight excluding hydrogens is 384 g/mol. The van der Waals surface area contributed by atoms with Gasteiger partial charge in [0.05, 0.1) is 0 Å². The quantitative estimate of drug-likeness (QED) is 0.728. The molecule has 5 heteroatoms. The van der Waals surface area contributed by atoms with Gasteiger partial charge in [-0.15, -0.1) is 0 Å². The standard InChI is InChI=1S/C26H38N4O/c1-2-27-12-5-6-21(19-27)20-30-13-11-22-18-23(9-10-25(22)30)26(31)29-16-14-28(15-17-29)24-7-3-4-8-24/h9-11,13,18,21,24H,2-8,12,14-17,19-20H2,1H3. The molecule has 0 N–H and O–H groups in total. The molecule has 5 nitrogen and oxygen atoms in total. The summed E-state index contributed by atoms with van der Waals surface area (Å²) in [7, 11) is 0. The van der Waals surface area contributed by atoms with Gasteiger partial charge >= 0.3 is 0 Å². The maximum atomic E-state index is 13.2. The summed E-state index contributed by atoms with van der Waals surface area (Å²) in [5, 5.41) is 1.19. The molecule has 3 aliphatic rings. The Morgan fingerprint density at radius 3 is 2.55 bits per heavy atom. The molecule has 1 atom stereocenters. The lowest BCUT2D eigenvalue weighted by Gasteiger charge is -2.38. The van der Waals surface area contributed by atoms with E-state index in [0.29, 0.717) is 0 Å². The summed E-state index contributed by atoms with van der Waals surface area (Å²) in [4.78, 5) is 20.4. The van der Waals surface area contributed by atoms with Crippen LogP contribution in [0.4, 0.5) is 0 Å². The van der Waals surface area contributed by atoms with Gasteiger partial charge in [0.15, 0.2) is 0 Å². The number of carbonyl (C=O) groups is 1. The van der Waals surface area contributed by atoms with Crippen LogP contribution in [0.3, 0.4) is 0 Å². The maximum Gasteiger partial charge on any atom is 0.253 e. The number of amides is 1. The molecule has 0 radical (unpaired) electrons. The van der Waals surface area contributed by atoms with Crippen molar-refractivity contribution in [2.45, 2.75) is 58.0 Å². The van der Waals surface area contributed by atoms with E-state index in [0.717, 1.165) is 56.8 Å². The molecule has 1 amide bonds. The van der Waals surface area contributed by atoms with E-state index >= 15 is 0 Å². The highest BCUT2D eigenvalue weighted by atomic mass is 16.2. The molecule has 2 aliphatic heterocycles. The lowest BCUT2D eigenvalue weighted by atomic mass is 9.98. The molecule has 3 fully saturated rings. The lowest BCUT2D eigenvalue weighted by Crippen LogP contribution is -2.51. The molecule has 2 aromatic rings. The minimum atomic E-state index is 0.201. The molecule has 0 bridgehead atoms. The summed E-state index contributed by atoms with van der Waals surface area (Å²) in [5.74, 6) is 0.924. The van der Waals surface area contributed by atoms with Crippen LogP contribution in [0.15, 0.2) is 30.5 Å². The van der Waals surface area contributed by atoms with E-state index < -0.39 is 0 Å². The van der Waals surface area contributed by atoms with Crippen LogP contribution >= 0.6 is 0 Å². The number of piperazine rings is 1. The van der Waals surface area contributed by atoms with Crippen LogP contribution in [0, 0.1) is 5.92 Å². The topological polar surface area (TPSA) is 31.7 Å². The van der Waals surface area contributed by atoms with Crippen LogP contribution in [0.1, 0.15) is 55.8 Å². The van der Waals surface area contributed by atoms with Crippen molar-refractivity contribution in [2.75, 3.05) is 45.8 Å². The second-order valence-electron chi connectivity index (χ2n) is 9.91. The van der Waals surface area contributed by atoms with E-state index in [1.54, 1.807) is 0 Å². The molecular formula is C26H38N4O. The number of hydrogen-bond acceptors (Lipinski definition) is 3. The highest BCUT2D eigenvalue weighted by molar-refractivity contribution is 5.98. The van der Waals surface area contributed by atoms with Gasteiger partial charge < -0.3 is 14.4 Å². The van der Waals surface area contributed by atoms with E-state index in [4.69, 9.17) is 0 Å². The first kappa shape index (κ1) is 21.0. The van der Waals surface area contributed by atoms with Gasteiger partial charge in [0.1, 0.15) is 0 Å². The van der Waals surface area contributed by atoms with Gasteiger partial charge in [-0.2, -0.15) is 0 Å². The van der Waals surface area contributed by atoms with E-state index in [-0.39, 0.29) is 5.91 Å². The van der Waals surface area contributed by atoms with Crippen LogP contribution in [-0.4, -0.2) is 77.0 Å². The molecule has 5 rings (SSSR count). The summed E-state index contributed by atoms with van der Waals surface area (Å²) >= 11 is 0. The van der Waals surface area contributed by atoms with Gasteiger partial charge in [-0.3, -0.25) is 9.69 Å². The third kappa shape index (κ3) is 4.54. The lowest BCUT2D eigenvalue weighted by molar-refractivity contribution is 0.0573. The van der Waals surface area contributed by atoms with E-state index in [9.17, 15) is 4.79 Å². The van der Waals surface area contributed by atoms with Crippen molar-refractivity contribution in [3.05, 3.63) is 36.0 Å². The number of carbonyl (C=O) groups excluding carboxylic acids is 1. The second-order valence-corrected chi connectivity index (χ2v) is 9.91. The molecule has 1 aromatic heterocycles. The zero-order chi connectivity index (χ0) is 21.2. The van der Waals surface area contributed by atoms with Gasteiger partial charge in [-0.25, -0.2) is 0 Å². The average molecular weight is 423 g/mol. The molecule has 1 aliphatic carbocycles. The summed E-state index contributed by atoms with van der Waals surface area (Å²) in [6.45, 7) is 10.8. The summed E-state index contributed by atoms with van der Waals surface area (Å²) < 4.78 is 2.40. The molecule has 1 aromatic carbocycles. The van der Waals surface area contributed by atoms with Crippen LogP contribution in [0.5, 0.6) is 0 Å². The second kappa shape index (κ2) is 9.33. The van der Waals surface area contributed by atoms with Crippen molar-refractivity contribution in [2.24, 2.45) is 5.92 Å². The normalized spacial score (nSPS) is 24.3. The van der Waals surface area contributed by atoms with Crippen LogP contribution in [0.25, 0.3) is 10.9 Å². The predicted molar refractivity (Wildman–Crippen MR) is 127 cm³/mol. The number of benzene rings is 1. The number of rotatable bonds is 5. The van der Waals surface area contributed by atoms with E-state index in [1.807, 2.05) is 6.07 Å². The third-order valence-corrected chi connectivity index (χ3v) is 7.97. The fourth-order valence-electron chi connectivity index (χ4n) is 6.10. The minimum Gasteiger partial charge on any atom is -0.347 e. The molecule has 3 heterocycles. The first-order chi connectivity index (χ1) is 15.2. The van der Waals surface area contributed by atoms with E-state index in [1.165, 1.54) is 62.5 Å². The highest BCUT2D eigenvalue weighted by Crippen LogP contribution is 2.26. The summed E-state index contributed by atoms with van der Waals surface area (Å²) in [6, 6.07) is 9.27. The van der Waals surface area contributed by atoms with Crippen LogP contribution in [0.2, 0.25) is 0 Å². The molecule has 1 unspecified atom stereocenters. The summed E-state index contributed by atoms with van der Waals surface area (Å²) in [6.07, 6.45) is 10.3. The number of nitrogens with zero attached hydrogens (tertiary/aromatic N) is 4. The smallest absolute Gasteiger partial charge is 0.253 e. The number of fused-ring (bicyclic) bond motifs is 1. The van der Waals surface area contributed by atoms with Crippen molar-refractivity contribution < 1.29 is 4.79 Å². The Labute approximate surface area is 187 Å². The van der Waals surface area contributed by atoms with Crippen LogP contribution in [-0.2, 0) is 6.54 Å². The zero-order valence-electron chi connectivity index (χ0n) is 19.1. The Morgan fingerprint density at radius 2 is 1.77 bits per heavy atom. The molecule has 2 saturated heterocycles. The van der Waals surface area contributed by atoms with Gasteiger partial charge in [-0.1, -0.05) is 19.8 Å².